The molecule has 5 rings (SSSR count). The molecule has 4 aromatic rings. The number of rotatable bonds is 14. The van der Waals surface area contributed by atoms with Crippen molar-refractivity contribution in [3.8, 4) is 0 Å². The van der Waals surface area contributed by atoms with Crippen LogP contribution < -0.4 is 10.6 Å². The number of hydrogen-bond acceptors (Lipinski definition) is 3. The van der Waals surface area contributed by atoms with E-state index >= 15 is 0 Å². The number of carbonyl (C=O) groups excluding carboxylic acids is 2. The van der Waals surface area contributed by atoms with Crippen LogP contribution in [0, 0.1) is 5.82 Å². The Labute approximate surface area is 273 Å². The molecule has 1 aliphatic heterocycles. The zero-order valence-electron chi connectivity index (χ0n) is 27.1. The van der Waals surface area contributed by atoms with Crippen LogP contribution in [0.4, 0.5) is 10.1 Å². The Hall–Kier alpha value is -4.29. The number of anilines is 1. The van der Waals surface area contributed by atoms with Gasteiger partial charge in [-0.05, 0) is 104 Å². The van der Waals surface area contributed by atoms with Crippen LogP contribution in [0.1, 0.15) is 79.8 Å². The van der Waals surface area contributed by atoms with Crippen molar-refractivity contribution in [1.29, 1.82) is 0 Å². The van der Waals surface area contributed by atoms with Crippen LogP contribution in [0.15, 0.2) is 103 Å². The molecule has 1 unspecified atom stereocenters. The fraction of sp³-hybridized carbons (Fsp3) is 0.350. The first-order chi connectivity index (χ1) is 22.3. The third-order valence-electron chi connectivity index (χ3n) is 9.49. The van der Waals surface area contributed by atoms with Crippen molar-refractivity contribution < 1.29 is 14.0 Å². The molecule has 0 aliphatic carbocycles. The highest BCUT2D eigenvalue weighted by atomic mass is 19.1. The molecular weight excluding hydrogens is 573 g/mol. The Morgan fingerprint density at radius 3 is 2.17 bits per heavy atom. The number of aryl methyl sites for hydroxylation is 1. The molecular formula is C40H46FN3O2. The summed E-state index contributed by atoms with van der Waals surface area (Å²) in [6.07, 6.45) is 5.77. The summed E-state index contributed by atoms with van der Waals surface area (Å²) in [7, 11) is 0. The molecule has 240 valence electrons. The smallest absolute Gasteiger partial charge is 0.221 e. The molecule has 46 heavy (non-hydrogen) atoms. The van der Waals surface area contributed by atoms with Crippen LogP contribution in [-0.4, -0.2) is 36.3 Å². The molecule has 1 heterocycles. The molecule has 0 radical (unpaired) electrons. The average molecular weight is 620 g/mol. The van der Waals surface area contributed by atoms with E-state index in [9.17, 15) is 14.0 Å². The van der Waals surface area contributed by atoms with Gasteiger partial charge in [0.2, 0.25) is 11.8 Å². The minimum absolute atomic E-state index is 0.0235. The maximum atomic E-state index is 13.2. The second kappa shape index (κ2) is 15.8. The van der Waals surface area contributed by atoms with Gasteiger partial charge in [-0.3, -0.25) is 14.5 Å². The quantitative estimate of drug-likeness (QED) is 0.141. The van der Waals surface area contributed by atoms with E-state index in [0.29, 0.717) is 19.4 Å². The number of halogens is 1. The number of hydrogen-bond donors (Lipinski definition) is 2. The lowest BCUT2D eigenvalue weighted by atomic mass is 9.68. The van der Waals surface area contributed by atoms with Gasteiger partial charge in [0.05, 0.1) is 0 Å². The first-order valence-corrected chi connectivity index (χ1v) is 16.6. The van der Waals surface area contributed by atoms with Crippen molar-refractivity contribution in [3.05, 3.63) is 137 Å². The number of amides is 2. The summed E-state index contributed by atoms with van der Waals surface area (Å²) in [4.78, 5) is 26.9. The highest BCUT2D eigenvalue weighted by Gasteiger charge is 2.34. The Kier molecular flexibility index (Phi) is 11.4. The van der Waals surface area contributed by atoms with E-state index in [1.165, 1.54) is 34.4 Å². The predicted molar refractivity (Wildman–Crippen MR) is 184 cm³/mol. The summed E-state index contributed by atoms with van der Waals surface area (Å²) < 4.78 is 13.2. The molecule has 0 saturated heterocycles. The summed E-state index contributed by atoms with van der Waals surface area (Å²) in [5.41, 5.74) is 6.90. The van der Waals surface area contributed by atoms with Crippen molar-refractivity contribution in [2.75, 3.05) is 25.0 Å². The molecule has 6 heteroatoms. The average Bonchev–Trinajstić information content (AvgIpc) is 3.07. The molecule has 2 N–H and O–H groups in total. The Morgan fingerprint density at radius 1 is 0.870 bits per heavy atom. The lowest BCUT2D eigenvalue weighted by molar-refractivity contribution is -0.121. The minimum atomic E-state index is -0.262. The largest absolute Gasteiger partial charge is 0.356 e. The van der Waals surface area contributed by atoms with Gasteiger partial charge in [0.15, 0.2) is 0 Å². The SMILES string of the molecule is CC(=O)Nc1ccc2c(c1)C(C)N(CCCC(CCCNC(=O)CCc1ccc(F)cc1)(c1ccccc1)c1ccccc1)CC2. The molecule has 1 atom stereocenters. The molecule has 0 fully saturated rings. The molecule has 0 spiro atoms. The molecule has 0 aromatic heterocycles. The third-order valence-corrected chi connectivity index (χ3v) is 9.49. The number of carbonyl (C=O) groups is 2. The molecule has 1 aliphatic rings. The van der Waals surface area contributed by atoms with E-state index in [0.717, 1.165) is 56.4 Å². The van der Waals surface area contributed by atoms with Crippen LogP contribution in [0.3, 0.4) is 0 Å². The molecule has 5 nitrogen and oxygen atoms in total. The third kappa shape index (κ3) is 8.49. The minimum Gasteiger partial charge on any atom is -0.356 e. The van der Waals surface area contributed by atoms with E-state index in [-0.39, 0.29) is 29.1 Å². The Bertz CT molecular complexity index is 1530. The van der Waals surface area contributed by atoms with Gasteiger partial charge in [-0.1, -0.05) is 78.9 Å². The van der Waals surface area contributed by atoms with E-state index in [4.69, 9.17) is 0 Å². The van der Waals surface area contributed by atoms with E-state index in [1.807, 2.05) is 6.07 Å². The van der Waals surface area contributed by atoms with E-state index < -0.39 is 0 Å². The fourth-order valence-electron chi connectivity index (χ4n) is 7.04. The van der Waals surface area contributed by atoms with Gasteiger partial charge < -0.3 is 10.6 Å². The summed E-state index contributed by atoms with van der Waals surface area (Å²) in [5, 5.41) is 6.07. The van der Waals surface area contributed by atoms with E-state index in [1.54, 1.807) is 19.1 Å². The maximum Gasteiger partial charge on any atom is 0.221 e. The monoisotopic (exact) mass is 619 g/mol. The lowest BCUT2D eigenvalue weighted by Crippen LogP contribution is -2.36. The zero-order valence-corrected chi connectivity index (χ0v) is 27.1. The van der Waals surface area contributed by atoms with Crippen LogP contribution >= 0.6 is 0 Å². The number of fused-ring (bicyclic) bond motifs is 1. The Morgan fingerprint density at radius 2 is 1.52 bits per heavy atom. The van der Waals surface area contributed by atoms with Gasteiger partial charge in [0.25, 0.3) is 0 Å². The zero-order chi connectivity index (χ0) is 32.4. The molecule has 4 aromatic carbocycles. The standard InChI is InChI=1S/C40H46FN3O2/c1-30-38-29-37(43-31(2)45)21-18-33(38)23-28-44(30)27-10-25-40(34-11-5-3-6-12-34,35-13-7-4-8-14-35)24-9-26-42-39(46)22-17-32-15-19-36(41)20-16-32/h3-8,11-16,18-21,29-30H,9-10,17,22-28H2,1-2H3,(H,42,46)(H,43,45). The normalized spacial score (nSPS) is 14.8. The molecule has 0 bridgehead atoms. The van der Waals surface area contributed by atoms with Crippen LogP contribution in [-0.2, 0) is 27.8 Å². The maximum absolute atomic E-state index is 13.2. The first-order valence-electron chi connectivity index (χ1n) is 16.6. The van der Waals surface area contributed by atoms with Gasteiger partial charge in [-0.25, -0.2) is 4.39 Å². The first kappa shape index (κ1) is 33.1. The number of nitrogens with one attached hydrogen (secondary N) is 2. The van der Waals surface area contributed by atoms with E-state index in [2.05, 4.69) is 95.3 Å². The summed E-state index contributed by atoms with van der Waals surface area (Å²) in [5.74, 6) is -0.292. The van der Waals surface area contributed by atoms with Crippen molar-refractivity contribution >= 4 is 17.5 Å². The predicted octanol–water partition coefficient (Wildman–Crippen LogP) is 8.00. The second-order valence-electron chi connectivity index (χ2n) is 12.6. The number of nitrogens with zero attached hydrogens (tertiary/aromatic N) is 1. The van der Waals surface area contributed by atoms with Crippen LogP contribution in [0.25, 0.3) is 0 Å². The number of benzene rings is 4. The highest BCUT2D eigenvalue weighted by Crippen LogP contribution is 2.41. The van der Waals surface area contributed by atoms with Crippen LogP contribution in [0.5, 0.6) is 0 Å². The van der Waals surface area contributed by atoms with Gasteiger partial charge in [0, 0.05) is 43.6 Å². The van der Waals surface area contributed by atoms with Gasteiger partial charge in [-0.15, -0.1) is 0 Å². The fourth-order valence-corrected chi connectivity index (χ4v) is 7.04. The topological polar surface area (TPSA) is 61.4 Å². The van der Waals surface area contributed by atoms with Crippen LogP contribution in [0.2, 0.25) is 0 Å². The lowest BCUT2D eigenvalue weighted by Gasteiger charge is -2.39. The highest BCUT2D eigenvalue weighted by molar-refractivity contribution is 5.88. The van der Waals surface area contributed by atoms with Gasteiger partial charge in [-0.2, -0.15) is 0 Å². The Balaban J connectivity index is 1.26. The van der Waals surface area contributed by atoms with Gasteiger partial charge in [0.1, 0.15) is 5.82 Å². The van der Waals surface area contributed by atoms with Crippen molar-refractivity contribution in [2.24, 2.45) is 0 Å². The van der Waals surface area contributed by atoms with Gasteiger partial charge >= 0.3 is 0 Å². The van der Waals surface area contributed by atoms with Crippen molar-refractivity contribution in [2.45, 2.75) is 70.3 Å². The second-order valence-corrected chi connectivity index (χ2v) is 12.6. The molecule has 0 saturated carbocycles. The molecule has 2 amide bonds. The summed E-state index contributed by atoms with van der Waals surface area (Å²) >= 11 is 0. The summed E-state index contributed by atoms with van der Waals surface area (Å²) in [6.45, 7) is 6.43. The van der Waals surface area contributed by atoms with Crippen molar-refractivity contribution in [1.82, 2.24) is 10.2 Å². The van der Waals surface area contributed by atoms with Crippen molar-refractivity contribution in [3.63, 3.8) is 0 Å². The summed E-state index contributed by atoms with van der Waals surface area (Å²) in [6, 6.07) is 34.6.